The van der Waals surface area contributed by atoms with Crippen molar-refractivity contribution in [1.82, 2.24) is 15.1 Å². The van der Waals surface area contributed by atoms with E-state index in [0.29, 0.717) is 18.1 Å². The number of hydrogen-bond donors (Lipinski definition) is 1. The molecule has 0 radical (unpaired) electrons. The first kappa shape index (κ1) is 12.8. The van der Waals surface area contributed by atoms with Crippen LogP contribution in [0.3, 0.4) is 0 Å². The van der Waals surface area contributed by atoms with Crippen LogP contribution in [0.1, 0.15) is 19.0 Å². The molecule has 0 atom stereocenters. The van der Waals surface area contributed by atoms with Gasteiger partial charge < -0.3 is 10.2 Å². The summed E-state index contributed by atoms with van der Waals surface area (Å²) in [6.07, 6.45) is 0.991. The molecule has 0 saturated carbocycles. The summed E-state index contributed by atoms with van der Waals surface area (Å²) in [5, 5.41) is 18.8. The van der Waals surface area contributed by atoms with Crippen LogP contribution in [-0.2, 0) is 6.54 Å². The second-order valence-corrected chi connectivity index (χ2v) is 4.42. The maximum Gasteiger partial charge on any atom is 0.333 e. The van der Waals surface area contributed by atoms with Crippen LogP contribution in [0.4, 0.5) is 11.5 Å². The summed E-state index contributed by atoms with van der Waals surface area (Å²) in [5.74, 6) is 0.656. The van der Waals surface area contributed by atoms with Crippen LogP contribution >= 0.6 is 0 Å². The van der Waals surface area contributed by atoms with Crippen molar-refractivity contribution in [1.29, 1.82) is 0 Å². The molecule has 0 amide bonds. The smallest absolute Gasteiger partial charge is 0.333 e. The number of nitrogens with zero attached hydrogens (tertiary/aromatic N) is 4. The van der Waals surface area contributed by atoms with Gasteiger partial charge in [-0.15, -0.1) is 0 Å². The van der Waals surface area contributed by atoms with Crippen molar-refractivity contribution in [2.24, 2.45) is 0 Å². The molecular weight excluding hydrogens is 234 g/mol. The molecule has 1 saturated heterocycles. The van der Waals surface area contributed by atoms with Crippen molar-refractivity contribution in [3.63, 3.8) is 0 Å². The normalized spacial score (nSPS) is 16.7. The summed E-state index contributed by atoms with van der Waals surface area (Å²) in [7, 11) is 0. The van der Waals surface area contributed by atoms with Crippen LogP contribution < -0.4 is 10.2 Å². The summed E-state index contributed by atoms with van der Waals surface area (Å²) in [5.41, 5.74) is 0.646. The SMILES string of the molecule is CCn1nc(C)c([N+](=O)[O-])c1N1CCCNCC1. The van der Waals surface area contributed by atoms with Gasteiger partial charge in [0.1, 0.15) is 5.69 Å². The van der Waals surface area contributed by atoms with Gasteiger partial charge in [0.25, 0.3) is 0 Å². The molecule has 0 spiro atoms. The van der Waals surface area contributed by atoms with Crippen LogP contribution in [0, 0.1) is 17.0 Å². The Morgan fingerprint density at radius 3 is 2.89 bits per heavy atom. The Hall–Kier alpha value is -1.63. The molecule has 0 bridgehead atoms. The summed E-state index contributed by atoms with van der Waals surface area (Å²) in [4.78, 5) is 13.0. The number of nitro groups is 1. The molecule has 2 rings (SSSR count). The lowest BCUT2D eigenvalue weighted by molar-refractivity contribution is -0.384. The Labute approximate surface area is 106 Å². The fourth-order valence-electron chi connectivity index (χ4n) is 2.36. The van der Waals surface area contributed by atoms with Gasteiger partial charge in [-0.2, -0.15) is 5.10 Å². The first-order valence-corrected chi connectivity index (χ1v) is 6.32. The van der Waals surface area contributed by atoms with Crippen LogP contribution in [0.15, 0.2) is 0 Å². The summed E-state index contributed by atoms with van der Waals surface area (Å²) in [6, 6.07) is 0. The Morgan fingerprint density at radius 2 is 2.22 bits per heavy atom. The molecule has 1 fully saturated rings. The fraction of sp³-hybridized carbons (Fsp3) is 0.727. The van der Waals surface area contributed by atoms with E-state index in [1.54, 1.807) is 11.6 Å². The molecule has 7 nitrogen and oxygen atoms in total. The molecule has 1 aliphatic heterocycles. The first-order chi connectivity index (χ1) is 8.65. The van der Waals surface area contributed by atoms with Gasteiger partial charge in [0.2, 0.25) is 5.82 Å². The molecule has 1 aliphatic rings. The van der Waals surface area contributed by atoms with E-state index >= 15 is 0 Å². The van der Waals surface area contributed by atoms with Crippen molar-refractivity contribution < 1.29 is 4.92 Å². The van der Waals surface area contributed by atoms with Gasteiger partial charge in [-0.25, -0.2) is 4.68 Å². The van der Waals surface area contributed by atoms with E-state index in [-0.39, 0.29) is 10.6 Å². The third kappa shape index (κ3) is 2.31. The lowest BCUT2D eigenvalue weighted by atomic mass is 10.3. The largest absolute Gasteiger partial charge is 0.350 e. The van der Waals surface area contributed by atoms with E-state index in [1.165, 1.54) is 0 Å². The number of anilines is 1. The quantitative estimate of drug-likeness (QED) is 0.640. The molecule has 0 aliphatic carbocycles. The van der Waals surface area contributed by atoms with E-state index in [9.17, 15) is 10.1 Å². The predicted molar refractivity (Wildman–Crippen MR) is 69.0 cm³/mol. The molecule has 18 heavy (non-hydrogen) atoms. The third-order valence-corrected chi connectivity index (χ3v) is 3.19. The van der Waals surface area contributed by atoms with Crippen molar-refractivity contribution in [2.45, 2.75) is 26.8 Å². The van der Waals surface area contributed by atoms with E-state index in [0.717, 1.165) is 32.6 Å². The van der Waals surface area contributed by atoms with Gasteiger partial charge in [-0.05, 0) is 26.8 Å². The predicted octanol–water partition coefficient (Wildman–Crippen LogP) is 0.919. The highest BCUT2D eigenvalue weighted by Crippen LogP contribution is 2.31. The topological polar surface area (TPSA) is 76.2 Å². The molecule has 0 aromatic carbocycles. The number of nitrogens with one attached hydrogen (secondary N) is 1. The summed E-state index contributed by atoms with van der Waals surface area (Å²) in [6.45, 7) is 7.73. The number of aromatic nitrogens is 2. The van der Waals surface area contributed by atoms with Crippen molar-refractivity contribution in [2.75, 3.05) is 31.1 Å². The van der Waals surface area contributed by atoms with Gasteiger partial charge in [-0.1, -0.05) is 0 Å². The highest BCUT2D eigenvalue weighted by molar-refractivity contribution is 5.61. The molecule has 1 N–H and O–H groups in total. The molecule has 0 unspecified atom stereocenters. The lowest BCUT2D eigenvalue weighted by Gasteiger charge is -2.21. The maximum absolute atomic E-state index is 11.2. The van der Waals surface area contributed by atoms with Crippen LogP contribution in [0.25, 0.3) is 0 Å². The van der Waals surface area contributed by atoms with Crippen molar-refractivity contribution in [3.8, 4) is 0 Å². The van der Waals surface area contributed by atoms with Crippen LogP contribution in [-0.4, -0.2) is 40.9 Å². The average Bonchev–Trinajstić information content (AvgIpc) is 2.53. The molecule has 7 heteroatoms. The number of rotatable bonds is 3. The fourth-order valence-corrected chi connectivity index (χ4v) is 2.36. The lowest BCUT2D eigenvalue weighted by Crippen LogP contribution is -2.30. The molecule has 1 aromatic rings. The zero-order valence-electron chi connectivity index (χ0n) is 10.8. The molecule has 100 valence electrons. The monoisotopic (exact) mass is 253 g/mol. The zero-order valence-corrected chi connectivity index (χ0v) is 10.8. The Morgan fingerprint density at radius 1 is 1.44 bits per heavy atom. The van der Waals surface area contributed by atoms with Crippen LogP contribution in [0.2, 0.25) is 0 Å². The highest BCUT2D eigenvalue weighted by Gasteiger charge is 2.29. The van der Waals surface area contributed by atoms with Gasteiger partial charge in [0.05, 0.1) is 4.92 Å². The van der Waals surface area contributed by atoms with Crippen LogP contribution in [0.5, 0.6) is 0 Å². The van der Waals surface area contributed by atoms with E-state index in [2.05, 4.69) is 15.3 Å². The van der Waals surface area contributed by atoms with E-state index < -0.39 is 0 Å². The van der Waals surface area contributed by atoms with Crippen molar-refractivity contribution in [3.05, 3.63) is 15.8 Å². The Kier molecular flexibility index (Phi) is 3.81. The van der Waals surface area contributed by atoms with E-state index in [4.69, 9.17) is 0 Å². The molecule has 1 aromatic heterocycles. The Bertz CT molecular complexity index is 435. The van der Waals surface area contributed by atoms with Gasteiger partial charge in [-0.3, -0.25) is 10.1 Å². The van der Waals surface area contributed by atoms with Gasteiger partial charge in [0.15, 0.2) is 0 Å². The Balaban J connectivity index is 2.42. The minimum absolute atomic E-state index is 0.152. The van der Waals surface area contributed by atoms with Gasteiger partial charge >= 0.3 is 5.69 Å². The maximum atomic E-state index is 11.2. The highest BCUT2D eigenvalue weighted by atomic mass is 16.6. The molecular formula is C11H19N5O2. The summed E-state index contributed by atoms with van der Waals surface area (Å²) >= 11 is 0. The second kappa shape index (κ2) is 5.34. The molecule has 2 heterocycles. The second-order valence-electron chi connectivity index (χ2n) is 4.42. The first-order valence-electron chi connectivity index (χ1n) is 6.32. The third-order valence-electron chi connectivity index (χ3n) is 3.19. The zero-order chi connectivity index (χ0) is 13.1. The number of hydrogen-bond acceptors (Lipinski definition) is 5. The van der Waals surface area contributed by atoms with E-state index in [1.807, 2.05) is 6.92 Å². The minimum Gasteiger partial charge on any atom is -0.350 e. The standard InChI is InChI=1S/C11H19N5O2/c1-3-15-11(10(16(17)18)9(2)13-15)14-7-4-5-12-6-8-14/h12H,3-8H2,1-2H3. The average molecular weight is 253 g/mol. The van der Waals surface area contributed by atoms with Gasteiger partial charge in [0, 0.05) is 26.2 Å². The minimum atomic E-state index is -0.317. The number of aryl methyl sites for hydroxylation is 2. The van der Waals surface area contributed by atoms with Crippen molar-refractivity contribution >= 4 is 11.5 Å². The summed E-state index contributed by atoms with van der Waals surface area (Å²) < 4.78 is 1.73.